The quantitative estimate of drug-likeness (QED) is 0.656. The molecule has 3 N–H and O–H groups in total. The molecule has 0 saturated heterocycles. The first-order chi connectivity index (χ1) is 11.2. The first kappa shape index (κ1) is 17.0. The first-order valence-electron chi connectivity index (χ1n) is 7.97. The van der Waals surface area contributed by atoms with E-state index in [4.69, 9.17) is 5.11 Å². The lowest BCUT2D eigenvalue weighted by Crippen LogP contribution is -2.24. The molecule has 0 radical (unpaired) electrons. The minimum absolute atomic E-state index is 0.0685. The molecule has 0 heterocycles. The van der Waals surface area contributed by atoms with Crippen molar-refractivity contribution in [1.82, 2.24) is 5.32 Å². The highest BCUT2D eigenvalue weighted by molar-refractivity contribution is 5.94. The smallest absolute Gasteiger partial charge is 0.251 e. The van der Waals surface area contributed by atoms with Gasteiger partial charge in [-0.05, 0) is 49.6 Å². The number of rotatable bonds is 8. The predicted octanol–water partition coefficient (Wildman–Crippen LogP) is 3.11. The number of anilines is 1. The van der Waals surface area contributed by atoms with Crippen LogP contribution in [0.25, 0.3) is 0 Å². The van der Waals surface area contributed by atoms with Crippen molar-refractivity contribution in [2.45, 2.75) is 26.3 Å². The number of hydrogen-bond donors (Lipinski definition) is 3. The molecule has 0 bridgehead atoms. The van der Waals surface area contributed by atoms with Gasteiger partial charge in [0.25, 0.3) is 5.91 Å². The van der Waals surface area contributed by atoms with Gasteiger partial charge < -0.3 is 15.7 Å². The van der Waals surface area contributed by atoms with E-state index in [-0.39, 0.29) is 12.5 Å². The minimum atomic E-state index is -0.0685. The van der Waals surface area contributed by atoms with E-state index in [2.05, 4.69) is 41.8 Å². The summed E-state index contributed by atoms with van der Waals surface area (Å²) in [5.74, 6) is -0.0685. The van der Waals surface area contributed by atoms with Gasteiger partial charge in [-0.1, -0.05) is 29.8 Å². The van der Waals surface area contributed by atoms with Gasteiger partial charge in [-0.15, -0.1) is 0 Å². The van der Waals surface area contributed by atoms with Crippen molar-refractivity contribution in [3.63, 3.8) is 0 Å². The Labute approximate surface area is 137 Å². The van der Waals surface area contributed by atoms with Crippen LogP contribution in [0.15, 0.2) is 48.5 Å². The minimum Gasteiger partial charge on any atom is -0.396 e. The molecule has 2 rings (SSSR count). The third kappa shape index (κ3) is 5.75. The number of amides is 1. The molecule has 4 nitrogen and oxygen atoms in total. The fourth-order valence-corrected chi connectivity index (χ4v) is 2.19. The van der Waals surface area contributed by atoms with Crippen LogP contribution in [0, 0.1) is 6.92 Å². The van der Waals surface area contributed by atoms with Crippen molar-refractivity contribution in [3.8, 4) is 0 Å². The molecule has 0 aliphatic carbocycles. The van der Waals surface area contributed by atoms with Gasteiger partial charge in [0.2, 0.25) is 0 Å². The van der Waals surface area contributed by atoms with Crippen molar-refractivity contribution in [3.05, 3.63) is 65.2 Å². The second-order valence-electron chi connectivity index (χ2n) is 5.60. The Morgan fingerprint density at radius 1 is 1.00 bits per heavy atom. The Balaban J connectivity index is 1.81. The molecule has 122 valence electrons. The molecule has 4 heteroatoms. The summed E-state index contributed by atoms with van der Waals surface area (Å²) in [6.07, 6.45) is 1.50. The third-order valence-corrected chi connectivity index (χ3v) is 3.63. The van der Waals surface area contributed by atoms with Gasteiger partial charge >= 0.3 is 0 Å². The Bertz CT molecular complexity index is 606. The molecule has 1 amide bonds. The number of unbranched alkanes of at least 4 members (excludes halogenated alkanes) is 1. The third-order valence-electron chi connectivity index (χ3n) is 3.63. The Morgan fingerprint density at radius 3 is 2.35 bits per heavy atom. The zero-order valence-corrected chi connectivity index (χ0v) is 13.5. The zero-order chi connectivity index (χ0) is 16.5. The van der Waals surface area contributed by atoms with Crippen LogP contribution in [0.3, 0.4) is 0 Å². The van der Waals surface area contributed by atoms with Gasteiger partial charge in [-0.3, -0.25) is 4.79 Å². The highest BCUT2D eigenvalue weighted by Gasteiger charge is 2.04. The molecule has 23 heavy (non-hydrogen) atoms. The van der Waals surface area contributed by atoms with Crippen LogP contribution in [-0.2, 0) is 6.54 Å². The number of carbonyl (C=O) groups is 1. The molecule has 0 aromatic heterocycles. The second-order valence-corrected chi connectivity index (χ2v) is 5.60. The number of carbonyl (C=O) groups excluding carboxylic acids is 1. The Hall–Kier alpha value is -2.33. The first-order valence-corrected chi connectivity index (χ1v) is 7.97. The van der Waals surface area contributed by atoms with E-state index in [1.807, 2.05) is 24.3 Å². The highest BCUT2D eigenvalue weighted by Crippen LogP contribution is 2.11. The van der Waals surface area contributed by atoms with Crippen LogP contribution in [0.1, 0.15) is 34.3 Å². The van der Waals surface area contributed by atoms with Crippen LogP contribution >= 0.6 is 0 Å². The summed E-state index contributed by atoms with van der Waals surface area (Å²) in [4.78, 5) is 11.9. The van der Waals surface area contributed by atoms with E-state index in [9.17, 15) is 4.79 Å². The van der Waals surface area contributed by atoms with E-state index in [1.165, 1.54) is 5.56 Å². The van der Waals surface area contributed by atoms with Crippen LogP contribution in [0.2, 0.25) is 0 Å². The fourth-order valence-electron chi connectivity index (χ4n) is 2.19. The molecular formula is C19H24N2O2. The molecule has 0 spiro atoms. The topological polar surface area (TPSA) is 61.4 Å². The van der Waals surface area contributed by atoms with Crippen molar-refractivity contribution >= 4 is 11.6 Å². The number of aliphatic hydroxyl groups excluding tert-OH is 1. The van der Waals surface area contributed by atoms with Crippen molar-refractivity contribution < 1.29 is 9.90 Å². The lowest BCUT2D eigenvalue weighted by molar-refractivity contribution is 0.0952. The molecule has 0 aliphatic heterocycles. The van der Waals surface area contributed by atoms with E-state index in [1.54, 1.807) is 0 Å². The molecule has 2 aromatic rings. The summed E-state index contributed by atoms with van der Waals surface area (Å²) in [6.45, 7) is 3.55. The summed E-state index contributed by atoms with van der Waals surface area (Å²) in [7, 11) is 0. The van der Waals surface area contributed by atoms with E-state index in [0.29, 0.717) is 18.5 Å². The van der Waals surface area contributed by atoms with Crippen LogP contribution in [0.4, 0.5) is 5.69 Å². The number of nitrogens with one attached hydrogen (secondary N) is 2. The maximum absolute atomic E-state index is 11.9. The largest absolute Gasteiger partial charge is 0.396 e. The molecule has 0 fully saturated rings. The number of aliphatic hydroxyl groups is 1. The Morgan fingerprint density at radius 2 is 1.70 bits per heavy atom. The maximum Gasteiger partial charge on any atom is 0.251 e. The second kappa shape index (κ2) is 8.96. The molecule has 2 aromatic carbocycles. The van der Waals surface area contributed by atoms with Crippen LogP contribution < -0.4 is 10.6 Å². The molecule has 0 unspecified atom stereocenters. The van der Waals surface area contributed by atoms with Gasteiger partial charge in [0, 0.05) is 30.9 Å². The monoisotopic (exact) mass is 312 g/mol. The molecule has 0 atom stereocenters. The van der Waals surface area contributed by atoms with Gasteiger partial charge in [0.1, 0.15) is 0 Å². The van der Waals surface area contributed by atoms with Crippen molar-refractivity contribution in [2.75, 3.05) is 18.5 Å². The van der Waals surface area contributed by atoms with E-state index >= 15 is 0 Å². The average Bonchev–Trinajstić information content (AvgIpc) is 2.58. The van der Waals surface area contributed by atoms with Gasteiger partial charge in [0.15, 0.2) is 0 Å². The molecular weight excluding hydrogens is 288 g/mol. The van der Waals surface area contributed by atoms with E-state index < -0.39 is 0 Å². The number of aryl methyl sites for hydroxylation is 1. The van der Waals surface area contributed by atoms with Crippen molar-refractivity contribution in [1.29, 1.82) is 0 Å². The molecule has 0 saturated carbocycles. The normalized spacial score (nSPS) is 10.3. The maximum atomic E-state index is 11.9. The summed E-state index contributed by atoms with van der Waals surface area (Å²) >= 11 is 0. The summed E-state index contributed by atoms with van der Waals surface area (Å²) < 4.78 is 0. The SMILES string of the molecule is Cc1ccc(NCc2ccc(C(=O)NCCCCO)cc2)cc1. The van der Waals surface area contributed by atoms with Crippen molar-refractivity contribution in [2.24, 2.45) is 0 Å². The summed E-state index contributed by atoms with van der Waals surface area (Å²) in [6, 6.07) is 15.9. The van der Waals surface area contributed by atoms with Crippen LogP contribution in [0.5, 0.6) is 0 Å². The van der Waals surface area contributed by atoms with Gasteiger partial charge in [-0.25, -0.2) is 0 Å². The van der Waals surface area contributed by atoms with Gasteiger partial charge in [0.05, 0.1) is 0 Å². The number of benzene rings is 2. The van der Waals surface area contributed by atoms with Crippen LogP contribution in [-0.4, -0.2) is 24.2 Å². The summed E-state index contributed by atoms with van der Waals surface area (Å²) in [5.41, 5.74) is 4.11. The zero-order valence-electron chi connectivity index (χ0n) is 13.5. The average molecular weight is 312 g/mol. The Kier molecular flexibility index (Phi) is 6.63. The lowest BCUT2D eigenvalue weighted by atomic mass is 10.1. The standard InChI is InChI=1S/C19H24N2O2/c1-15-4-10-18(11-5-15)21-14-16-6-8-17(9-7-16)19(23)20-12-2-3-13-22/h4-11,21-22H,2-3,12-14H2,1H3,(H,20,23). The fraction of sp³-hybridized carbons (Fsp3) is 0.316. The predicted molar refractivity (Wildman–Crippen MR) is 93.6 cm³/mol. The van der Waals surface area contributed by atoms with Gasteiger partial charge in [-0.2, -0.15) is 0 Å². The molecule has 0 aliphatic rings. The highest BCUT2D eigenvalue weighted by atomic mass is 16.2. The van der Waals surface area contributed by atoms with E-state index in [0.717, 1.165) is 24.2 Å². The summed E-state index contributed by atoms with van der Waals surface area (Å²) in [5, 5.41) is 14.9. The number of hydrogen-bond acceptors (Lipinski definition) is 3. The lowest BCUT2D eigenvalue weighted by Gasteiger charge is -2.08.